The van der Waals surface area contributed by atoms with Gasteiger partial charge in [0.25, 0.3) is 0 Å². The van der Waals surface area contributed by atoms with Crippen LogP contribution in [0.4, 0.5) is 5.00 Å². The van der Waals surface area contributed by atoms with Crippen molar-refractivity contribution >= 4 is 22.2 Å². The van der Waals surface area contributed by atoms with Crippen molar-refractivity contribution in [3.63, 3.8) is 0 Å². The fraction of sp³-hybridized carbons (Fsp3) is 0.500. The maximum atomic E-state index is 12.4. The van der Waals surface area contributed by atoms with E-state index in [1.807, 2.05) is 29.2 Å². The van der Waals surface area contributed by atoms with E-state index in [4.69, 9.17) is 4.74 Å². The highest BCUT2D eigenvalue weighted by atomic mass is 32.1. The van der Waals surface area contributed by atoms with Gasteiger partial charge in [-0.15, -0.1) is 0 Å². The van der Waals surface area contributed by atoms with E-state index in [2.05, 4.69) is 11.0 Å². The topological polar surface area (TPSA) is 75.9 Å². The second-order valence-electron chi connectivity index (χ2n) is 8.19. The number of nitrogens with zero attached hydrogens (tertiary/aromatic N) is 3. The standard InChI is InChI=1S/C22H27N3O4S/c1-29-20-5-3-2-4-18(20)14-23(15-19-8-9-21(30-19)25(27)28)12-16-10-11-24(13-16)22(26)17-6-7-17/h2-5,8-9,16-17H,6-7,10-15H2,1H3. The van der Waals surface area contributed by atoms with Gasteiger partial charge in [-0.25, -0.2) is 0 Å². The average Bonchev–Trinajstić information content (AvgIpc) is 3.30. The molecule has 2 aliphatic rings. The van der Waals surface area contributed by atoms with Crippen LogP contribution in [0, 0.1) is 22.0 Å². The van der Waals surface area contributed by atoms with Gasteiger partial charge in [-0.1, -0.05) is 29.5 Å². The zero-order valence-corrected chi connectivity index (χ0v) is 18.0. The second kappa shape index (κ2) is 9.14. The minimum atomic E-state index is -0.336. The number of ether oxygens (including phenoxy) is 1. The molecule has 0 radical (unpaired) electrons. The third-order valence-electron chi connectivity index (χ3n) is 5.83. The molecule has 1 unspecified atom stereocenters. The maximum absolute atomic E-state index is 12.4. The Hall–Kier alpha value is -2.45. The molecule has 30 heavy (non-hydrogen) atoms. The van der Waals surface area contributed by atoms with Gasteiger partial charge in [-0.2, -0.15) is 0 Å². The highest BCUT2D eigenvalue weighted by molar-refractivity contribution is 7.15. The molecule has 0 spiro atoms. The highest BCUT2D eigenvalue weighted by Crippen LogP contribution is 2.33. The quantitative estimate of drug-likeness (QED) is 0.446. The number of rotatable bonds is 9. The number of amides is 1. The lowest BCUT2D eigenvalue weighted by Gasteiger charge is -2.26. The lowest BCUT2D eigenvalue weighted by Crippen LogP contribution is -2.33. The van der Waals surface area contributed by atoms with E-state index in [1.54, 1.807) is 13.2 Å². The summed E-state index contributed by atoms with van der Waals surface area (Å²) >= 11 is 1.23. The van der Waals surface area contributed by atoms with Crippen molar-refractivity contribution in [2.45, 2.75) is 32.4 Å². The van der Waals surface area contributed by atoms with Crippen LogP contribution < -0.4 is 4.74 Å². The molecule has 2 aromatic rings. The molecular weight excluding hydrogens is 402 g/mol. The Morgan fingerprint density at radius 2 is 2.03 bits per heavy atom. The van der Waals surface area contributed by atoms with Gasteiger partial charge >= 0.3 is 5.00 Å². The van der Waals surface area contributed by atoms with Crippen LogP contribution in [0.1, 0.15) is 29.7 Å². The van der Waals surface area contributed by atoms with E-state index in [0.29, 0.717) is 24.9 Å². The van der Waals surface area contributed by atoms with E-state index in [1.165, 1.54) is 11.3 Å². The zero-order valence-electron chi connectivity index (χ0n) is 17.2. The fourth-order valence-electron chi connectivity index (χ4n) is 4.17. The molecule has 4 rings (SSSR count). The summed E-state index contributed by atoms with van der Waals surface area (Å²) in [5, 5.41) is 11.2. The Bertz CT molecular complexity index is 911. The number of carbonyl (C=O) groups is 1. The van der Waals surface area contributed by atoms with Crippen molar-refractivity contribution in [3.05, 3.63) is 57.0 Å². The summed E-state index contributed by atoms with van der Waals surface area (Å²) in [6, 6.07) is 11.4. The molecular formula is C22H27N3O4S. The van der Waals surface area contributed by atoms with Crippen molar-refractivity contribution in [2.24, 2.45) is 11.8 Å². The van der Waals surface area contributed by atoms with Crippen molar-refractivity contribution in [3.8, 4) is 5.75 Å². The van der Waals surface area contributed by atoms with Gasteiger partial charge in [-0.05, 0) is 37.3 Å². The summed E-state index contributed by atoms with van der Waals surface area (Å²) in [6.45, 7) is 3.83. The van der Waals surface area contributed by atoms with Gasteiger partial charge in [0, 0.05) is 55.1 Å². The van der Waals surface area contributed by atoms with E-state index >= 15 is 0 Å². The highest BCUT2D eigenvalue weighted by Gasteiger charge is 2.37. The summed E-state index contributed by atoms with van der Waals surface area (Å²) in [6.07, 6.45) is 3.08. The van der Waals surface area contributed by atoms with Crippen LogP contribution in [-0.4, -0.2) is 47.4 Å². The first kappa shape index (κ1) is 20.8. The smallest absolute Gasteiger partial charge is 0.324 e. The molecule has 1 aliphatic carbocycles. The predicted octanol–water partition coefficient (Wildman–Crippen LogP) is 3.93. The first-order valence-electron chi connectivity index (χ1n) is 10.4. The number of hydrogen-bond donors (Lipinski definition) is 0. The Balaban J connectivity index is 1.46. The summed E-state index contributed by atoms with van der Waals surface area (Å²) in [5.41, 5.74) is 1.09. The number of nitro groups is 1. The van der Waals surface area contributed by atoms with Gasteiger partial charge in [0.1, 0.15) is 5.75 Å². The molecule has 1 aromatic heterocycles. The lowest BCUT2D eigenvalue weighted by molar-refractivity contribution is -0.380. The van der Waals surface area contributed by atoms with E-state index in [-0.39, 0.29) is 15.8 Å². The molecule has 160 valence electrons. The number of benzene rings is 1. The number of carbonyl (C=O) groups excluding carboxylic acids is 1. The first-order chi connectivity index (χ1) is 14.5. The Kier molecular flexibility index (Phi) is 6.34. The Labute approximate surface area is 180 Å². The van der Waals surface area contributed by atoms with Crippen LogP contribution in [0.2, 0.25) is 0 Å². The number of para-hydroxylation sites is 1. The normalized spacial score (nSPS) is 18.7. The predicted molar refractivity (Wildman–Crippen MR) is 115 cm³/mol. The van der Waals surface area contributed by atoms with Crippen LogP contribution in [0.25, 0.3) is 0 Å². The Morgan fingerprint density at radius 1 is 1.23 bits per heavy atom. The van der Waals surface area contributed by atoms with Crippen molar-refractivity contribution < 1.29 is 14.5 Å². The van der Waals surface area contributed by atoms with Gasteiger partial charge in [-0.3, -0.25) is 19.8 Å². The fourth-order valence-corrected chi connectivity index (χ4v) is 5.03. The monoisotopic (exact) mass is 429 g/mol. The van der Waals surface area contributed by atoms with Crippen molar-refractivity contribution in [1.29, 1.82) is 0 Å². The van der Waals surface area contributed by atoms with Gasteiger partial charge in [0.05, 0.1) is 12.0 Å². The van der Waals surface area contributed by atoms with Crippen LogP contribution in [-0.2, 0) is 17.9 Å². The maximum Gasteiger partial charge on any atom is 0.324 e. The van der Waals surface area contributed by atoms with Gasteiger partial charge < -0.3 is 9.64 Å². The molecule has 8 heteroatoms. The molecule has 1 saturated carbocycles. The third-order valence-corrected chi connectivity index (χ3v) is 6.86. The molecule has 7 nitrogen and oxygen atoms in total. The molecule has 1 saturated heterocycles. The average molecular weight is 430 g/mol. The van der Waals surface area contributed by atoms with Crippen LogP contribution >= 0.6 is 11.3 Å². The first-order valence-corrected chi connectivity index (χ1v) is 11.2. The summed E-state index contributed by atoms with van der Waals surface area (Å²) < 4.78 is 5.52. The van der Waals surface area contributed by atoms with E-state index in [9.17, 15) is 14.9 Å². The van der Waals surface area contributed by atoms with Crippen LogP contribution in [0.3, 0.4) is 0 Å². The molecule has 1 amide bonds. The minimum Gasteiger partial charge on any atom is -0.496 e. The number of hydrogen-bond acceptors (Lipinski definition) is 6. The summed E-state index contributed by atoms with van der Waals surface area (Å²) in [5.74, 6) is 1.84. The van der Waals surface area contributed by atoms with E-state index in [0.717, 1.165) is 55.1 Å². The van der Waals surface area contributed by atoms with Gasteiger partial charge in [0.2, 0.25) is 5.91 Å². The summed E-state index contributed by atoms with van der Waals surface area (Å²) in [7, 11) is 1.67. The third kappa shape index (κ3) is 4.99. The molecule has 0 N–H and O–H groups in total. The molecule has 0 bridgehead atoms. The van der Waals surface area contributed by atoms with Crippen molar-refractivity contribution in [1.82, 2.24) is 9.80 Å². The number of thiophene rings is 1. The lowest BCUT2D eigenvalue weighted by atomic mass is 10.1. The summed E-state index contributed by atoms with van der Waals surface area (Å²) in [4.78, 5) is 28.5. The molecule has 1 aromatic carbocycles. The molecule has 2 fully saturated rings. The van der Waals surface area contributed by atoms with Gasteiger partial charge in [0.15, 0.2) is 0 Å². The largest absolute Gasteiger partial charge is 0.496 e. The molecule has 1 atom stereocenters. The Morgan fingerprint density at radius 3 is 2.73 bits per heavy atom. The van der Waals surface area contributed by atoms with Crippen LogP contribution in [0.15, 0.2) is 36.4 Å². The van der Waals surface area contributed by atoms with Crippen molar-refractivity contribution in [2.75, 3.05) is 26.7 Å². The SMILES string of the molecule is COc1ccccc1CN(Cc1ccc([N+](=O)[O-])s1)CC1CCN(C(=O)C2CC2)C1. The second-order valence-corrected chi connectivity index (χ2v) is 9.34. The van der Waals surface area contributed by atoms with Crippen LogP contribution in [0.5, 0.6) is 5.75 Å². The molecule has 1 aliphatic heterocycles. The van der Waals surface area contributed by atoms with E-state index < -0.39 is 0 Å². The number of likely N-dealkylation sites (tertiary alicyclic amines) is 1. The molecule has 2 heterocycles. The zero-order chi connectivity index (χ0) is 21.1. The number of methoxy groups -OCH3 is 1. The minimum absolute atomic E-state index is 0.171.